The Hall–Kier alpha value is -3.17. The molecule has 9 heteroatoms. The number of carboxylic acids is 1. The van der Waals surface area contributed by atoms with Crippen molar-refractivity contribution >= 4 is 12.0 Å². The Morgan fingerprint density at radius 2 is 1.67 bits per heavy atom. The molecule has 2 N–H and O–H groups in total. The second kappa shape index (κ2) is 16.5. The van der Waals surface area contributed by atoms with Gasteiger partial charge in [0.2, 0.25) is 0 Å². The van der Waals surface area contributed by atoms with Crippen LogP contribution in [0.1, 0.15) is 37.8 Å². The molecule has 0 saturated heterocycles. The molecule has 36 heavy (non-hydrogen) atoms. The number of rotatable bonds is 17. The molecule has 2 aromatic carbocycles. The number of carboxylic acid groups (broad SMARTS) is 1. The van der Waals surface area contributed by atoms with Crippen LogP contribution in [0.3, 0.4) is 0 Å². The highest BCUT2D eigenvalue weighted by Crippen LogP contribution is 2.15. The number of nitrogens with zero attached hydrogens (tertiary/aromatic N) is 1. The first kappa shape index (κ1) is 29.1. The molecule has 0 aliphatic heterocycles. The van der Waals surface area contributed by atoms with E-state index in [2.05, 4.69) is 5.32 Å². The predicted octanol–water partition coefficient (Wildman–Crippen LogP) is 4.27. The molecule has 0 aliphatic carbocycles. The zero-order valence-electron chi connectivity index (χ0n) is 21.1. The summed E-state index contributed by atoms with van der Waals surface area (Å²) in [6.07, 6.45) is 0.973. The molecule has 1 atom stereocenters. The van der Waals surface area contributed by atoms with E-state index in [1.54, 1.807) is 36.1 Å². The third-order valence-electron chi connectivity index (χ3n) is 5.38. The van der Waals surface area contributed by atoms with Crippen molar-refractivity contribution < 1.29 is 33.3 Å². The number of hydrogen-bond donors (Lipinski definition) is 2. The van der Waals surface area contributed by atoms with Gasteiger partial charge in [-0.1, -0.05) is 24.3 Å². The van der Waals surface area contributed by atoms with Crippen molar-refractivity contribution in [1.29, 1.82) is 0 Å². The van der Waals surface area contributed by atoms with Gasteiger partial charge in [0, 0.05) is 32.7 Å². The molecule has 0 radical (unpaired) electrons. The Labute approximate surface area is 212 Å². The lowest BCUT2D eigenvalue weighted by Gasteiger charge is -2.23. The van der Waals surface area contributed by atoms with E-state index in [-0.39, 0.29) is 18.3 Å². The van der Waals surface area contributed by atoms with E-state index in [1.165, 1.54) is 12.1 Å². The highest BCUT2D eigenvalue weighted by atomic mass is 19.1. The highest BCUT2D eigenvalue weighted by molar-refractivity contribution is 5.74. The zero-order valence-corrected chi connectivity index (χ0v) is 21.1. The zero-order chi connectivity index (χ0) is 26.2. The maximum Gasteiger partial charge on any atom is 0.333 e. The van der Waals surface area contributed by atoms with Gasteiger partial charge in [0.15, 0.2) is 6.10 Å². The number of amides is 2. The van der Waals surface area contributed by atoms with Gasteiger partial charge in [-0.05, 0) is 62.1 Å². The Bertz CT molecular complexity index is 907. The van der Waals surface area contributed by atoms with Gasteiger partial charge in [0.1, 0.15) is 18.2 Å². The number of ether oxygens (including phenoxy) is 3. The fraction of sp³-hybridized carbons (Fsp3) is 0.481. The topological polar surface area (TPSA) is 97.3 Å². The Morgan fingerprint density at radius 3 is 2.31 bits per heavy atom. The second-order valence-electron chi connectivity index (χ2n) is 8.19. The van der Waals surface area contributed by atoms with Crippen LogP contribution in [0, 0.1) is 5.82 Å². The van der Waals surface area contributed by atoms with E-state index in [4.69, 9.17) is 14.2 Å². The SMILES string of the molecule is CCNC(=O)N(CCCCOCc1ccc(F)cc1)CCOc1ccc(CC(OCC)C(=O)O)cc1. The molecular formula is C27H37FN2O6. The first-order valence-corrected chi connectivity index (χ1v) is 12.3. The van der Waals surface area contributed by atoms with Gasteiger partial charge in [-0.25, -0.2) is 14.0 Å². The summed E-state index contributed by atoms with van der Waals surface area (Å²) in [5, 5.41) is 12.1. The van der Waals surface area contributed by atoms with Crippen molar-refractivity contribution in [3.63, 3.8) is 0 Å². The van der Waals surface area contributed by atoms with Crippen molar-refractivity contribution in [3.05, 3.63) is 65.5 Å². The summed E-state index contributed by atoms with van der Waals surface area (Å²) in [5.74, 6) is -0.606. The fourth-order valence-corrected chi connectivity index (χ4v) is 3.48. The molecule has 0 aromatic heterocycles. The van der Waals surface area contributed by atoms with Crippen molar-refractivity contribution in [2.75, 3.05) is 39.5 Å². The Balaban J connectivity index is 1.72. The minimum absolute atomic E-state index is 0.140. The number of benzene rings is 2. The average molecular weight is 505 g/mol. The molecule has 2 amide bonds. The molecule has 0 heterocycles. The monoisotopic (exact) mass is 504 g/mol. The number of halogens is 1. The van der Waals surface area contributed by atoms with Gasteiger partial charge < -0.3 is 29.5 Å². The molecule has 2 aromatic rings. The Morgan fingerprint density at radius 1 is 0.972 bits per heavy atom. The molecule has 0 spiro atoms. The van der Waals surface area contributed by atoms with Crippen LogP contribution in [-0.4, -0.2) is 67.6 Å². The molecule has 1 unspecified atom stereocenters. The molecule has 0 saturated carbocycles. The summed E-state index contributed by atoms with van der Waals surface area (Å²) < 4.78 is 29.6. The van der Waals surface area contributed by atoms with Gasteiger partial charge in [0.25, 0.3) is 0 Å². The van der Waals surface area contributed by atoms with Crippen LogP contribution in [-0.2, 0) is 27.3 Å². The van der Waals surface area contributed by atoms with E-state index in [0.29, 0.717) is 51.8 Å². The predicted molar refractivity (Wildman–Crippen MR) is 135 cm³/mol. The molecule has 0 aliphatic rings. The minimum atomic E-state index is -0.984. The molecular weight excluding hydrogens is 467 g/mol. The first-order valence-electron chi connectivity index (χ1n) is 12.3. The summed E-state index contributed by atoms with van der Waals surface area (Å²) in [6.45, 7) is 6.82. The molecule has 0 fully saturated rings. The van der Waals surface area contributed by atoms with Gasteiger partial charge >= 0.3 is 12.0 Å². The van der Waals surface area contributed by atoms with Crippen molar-refractivity contribution in [1.82, 2.24) is 10.2 Å². The first-order chi connectivity index (χ1) is 17.4. The van der Waals surface area contributed by atoms with Gasteiger partial charge in [-0.2, -0.15) is 0 Å². The fourth-order valence-electron chi connectivity index (χ4n) is 3.48. The number of nitrogens with one attached hydrogen (secondary N) is 1. The number of urea groups is 1. The number of aliphatic carboxylic acids is 1. The van der Waals surface area contributed by atoms with E-state index in [9.17, 15) is 19.1 Å². The smallest absolute Gasteiger partial charge is 0.333 e. The van der Waals surface area contributed by atoms with Gasteiger partial charge in [-0.15, -0.1) is 0 Å². The van der Waals surface area contributed by atoms with Crippen LogP contribution in [0.15, 0.2) is 48.5 Å². The lowest BCUT2D eigenvalue weighted by Crippen LogP contribution is -2.42. The van der Waals surface area contributed by atoms with Gasteiger partial charge in [-0.3, -0.25) is 0 Å². The minimum Gasteiger partial charge on any atom is -0.492 e. The lowest BCUT2D eigenvalue weighted by molar-refractivity contribution is -0.149. The average Bonchev–Trinajstić information content (AvgIpc) is 2.86. The normalized spacial score (nSPS) is 11.6. The maximum atomic E-state index is 13.0. The van der Waals surface area contributed by atoms with Crippen molar-refractivity contribution in [2.24, 2.45) is 0 Å². The van der Waals surface area contributed by atoms with E-state index in [0.717, 1.165) is 24.0 Å². The van der Waals surface area contributed by atoms with Crippen molar-refractivity contribution in [3.8, 4) is 5.75 Å². The quantitative estimate of drug-likeness (QED) is 0.313. The van der Waals surface area contributed by atoms with E-state index < -0.39 is 12.1 Å². The van der Waals surface area contributed by atoms with Crippen LogP contribution < -0.4 is 10.1 Å². The second-order valence-corrected chi connectivity index (χ2v) is 8.19. The summed E-state index contributed by atoms with van der Waals surface area (Å²) in [5.41, 5.74) is 1.76. The Kier molecular flexibility index (Phi) is 13.3. The summed E-state index contributed by atoms with van der Waals surface area (Å²) in [6, 6.07) is 13.3. The molecule has 198 valence electrons. The van der Waals surface area contributed by atoms with Crippen molar-refractivity contribution in [2.45, 2.75) is 45.8 Å². The summed E-state index contributed by atoms with van der Waals surface area (Å²) >= 11 is 0. The molecule has 8 nitrogen and oxygen atoms in total. The number of unbranched alkanes of at least 4 members (excludes halogenated alkanes) is 1. The van der Waals surface area contributed by atoms with E-state index >= 15 is 0 Å². The van der Waals surface area contributed by atoms with Gasteiger partial charge in [0.05, 0.1) is 13.2 Å². The third-order valence-corrected chi connectivity index (χ3v) is 5.38. The molecule has 2 rings (SSSR count). The lowest BCUT2D eigenvalue weighted by atomic mass is 10.1. The van der Waals surface area contributed by atoms with E-state index in [1.807, 2.05) is 19.1 Å². The number of hydrogen-bond acceptors (Lipinski definition) is 5. The molecule has 0 bridgehead atoms. The number of carbonyl (C=O) groups is 2. The van der Waals surface area contributed by atoms with Crippen LogP contribution in [0.2, 0.25) is 0 Å². The standard InChI is InChI=1S/C27H37FN2O6/c1-3-29-27(33)30(15-5-6-17-34-20-22-7-11-23(28)12-8-22)16-18-36-24-13-9-21(10-14-24)19-25(26(31)32)35-4-2/h7-14,25H,3-6,15-20H2,1-2H3,(H,29,33)(H,31,32). The maximum absolute atomic E-state index is 13.0. The summed E-state index contributed by atoms with van der Waals surface area (Å²) in [4.78, 5) is 25.4. The third kappa shape index (κ3) is 11.0. The highest BCUT2D eigenvalue weighted by Gasteiger charge is 2.18. The summed E-state index contributed by atoms with van der Waals surface area (Å²) in [7, 11) is 0. The van der Waals surface area contributed by atoms with Crippen LogP contribution in [0.25, 0.3) is 0 Å². The number of carbonyl (C=O) groups excluding carboxylic acids is 1. The largest absolute Gasteiger partial charge is 0.492 e. The van der Waals surface area contributed by atoms with Crippen LogP contribution >= 0.6 is 0 Å². The van der Waals surface area contributed by atoms with Crippen LogP contribution in [0.4, 0.5) is 9.18 Å². The van der Waals surface area contributed by atoms with Crippen LogP contribution in [0.5, 0.6) is 5.75 Å².